The average Bonchev–Trinajstić information content (AvgIpc) is 2.63. The molecule has 2 N–H and O–H groups in total. The third kappa shape index (κ3) is 2.70. The molecule has 6 heteroatoms. The van der Waals surface area contributed by atoms with Crippen LogP contribution in [0.4, 0.5) is 5.69 Å². The van der Waals surface area contributed by atoms with Gasteiger partial charge < -0.3 is 10.0 Å². The minimum atomic E-state index is -0.538. The molecule has 0 bridgehead atoms. The number of hydrogen-bond donors (Lipinski definition) is 2. The predicted octanol–water partition coefficient (Wildman–Crippen LogP) is 2.87. The third-order valence-electron chi connectivity index (χ3n) is 3.81. The second kappa shape index (κ2) is 6.25. The number of nitrogens with one attached hydrogen (secondary N) is 1. The van der Waals surface area contributed by atoms with Gasteiger partial charge in [0, 0.05) is 18.7 Å². The van der Waals surface area contributed by atoms with Crippen molar-refractivity contribution < 1.29 is 5.11 Å². The molecule has 0 aromatic heterocycles. The molecule has 0 saturated carbocycles. The third-order valence-corrected chi connectivity index (χ3v) is 4.52. The number of anilines is 1. The zero-order valence-electron chi connectivity index (χ0n) is 12.6. The van der Waals surface area contributed by atoms with Crippen LogP contribution in [0.1, 0.15) is 25.8 Å². The largest absolute Gasteiger partial charge is 0.396 e. The Morgan fingerprint density at radius 1 is 1.45 bits per heavy atom. The van der Waals surface area contributed by atoms with Crippen LogP contribution in [0.2, 0.25) is 5.02 Å². The van der Waals surface area contributed by atoms with Gasteiger partial charge in [0.2, 0.25) is 0 Å². The lowest BCUT2D eigenvalue weighted by molar-refractivity contribution is 0.242. The topological polar surface area (TPSA) is 50.6 Å². The number of terminal acetylenes is 1. The summed E-state index contributed by atoms with van der Waals surface area (Å²) in [7, 11) is 0. The Morgan fingerprint density at radius 3 is 2.68 bits per heavy atom. The Labute approximate surface area is 141 Å². The normalized spacial score (nSPS) is 17.0. The molecule has 1 aliphatic heterocycles. The molecule has 0 radical (unpaired) electrons. The first-order valence-corrected chi connectivity index (χ1v) is 7.71. The summed E-state index contributed by atoms with van der Waals surface area (Å²) in [5, 5.41) is 18.5. The Bertz CT molecular complexity index is 666. The van der Waals surface area contributed by atoms with Gasteiger partial charge in [0.25, 0.3) is 0 Å². The van der Waals surface area contributed by atoms with Crippen molar-refractivity contribution in [3.63, 3.8) is 0 Å². The molecule has 1 aliphatic rings. The van der Waals surface area contributed by atoms with Crippen LogP contribution in [0, 0.1) is 17.8 Å². The number of aliphatic hydroxyl groups is 1. The Kier molecular flexibility index (Phi) is 4.76. The van der Waals surface area contributed by atoms with Crippen molar-refractivity contribution in [2.24, 2.45) is 0 Å². The van der Waals surface area contributed by atoms with Crippen LogP contribution >= 0.6 is 23.8 Å². The SMILES string of the molecule is C#Cc1ccc(N2C(=N)C(C)(C)N(CCCO)C2=S)cc1Cl. The molecule has 1 aromatic rings. The monoisotopic (exact) mass is 335 g/mol. The molecular formula is C16H18ClN3OS. The molecule has 0 atom stereocenters. The maximum atomic E-state index is 9.05. The highest BCUT2D eigenvalue weighted by molar-refractivity contribution is 7.80. The predicted molar refractivity (Wildman–Crippen MR) is 94.7 cm³/mol. The van der Waals surface area contributed by atoms with Crippen molar-refractivity contribution in [2.45, 2.75) is 25.8 Å². The number of amidine groups is 1. The standard InChI is InChI=1S/C16H18ClN3OS/c1-4-11-6-7-12(10-13(11)17)20-14(18)16(2,3)19(15(20)22)8-5-9-21/h1,6-7,10,18,21H,5,8-9H2,2-3H3. The summed E-state index contributed by atoms with van der Waals surface area (Å²) >= 11 is 11.7. The fraction of sp³-hybridized carbons (Fsp3) is 0.375. The lowest BCUT2D eigenvalue weighted by atomic mass is 10.0. The smallest absolute Gasteiger partial charge is 0.182 e. The van der Waals surface area contributed by atoms with Crippen LogP contribution in [0.25, 0.3) is 0 Å². The molecule has 1 heterocycles. The summed E-state index contributed by atoms with van der Waals surface area (Å²) in [5.74, 6) is 2.89. The average molecular weight is 336 g/mol. The van der Waals surface area contributed by atoms with Crippen molar-refractivity contribution in [2.75, 3.05) is 18.1 Å². The molecule has 116 valence electrons. The Hall–Kier alpha value is -1.61. The molecule has 4 nitrogen and oxygen atoms in total. The zero-order chi connectivity index (χ0) is 16.5. The van der Waals surface area contributed by atoms with E-state index in [4.69, 9.17) is 40.8 Å². The number of benzene rings is 1. The number of halogens is 1. The molecule has 0 spiro atoms. The van der Waals surface area contributed by atoms with E-state index in [1.807, 2.05) is 24.8 Å². The molecule has 2 rings (SSSR count). The van der Waals surface area contributed by atoms with Crippen molar-refractivity contribution in [3.8, 4) is 12.3 Å². The quantitative estimate of drug-likeness (QED) is 0.656. The molecule has 1 fully saturated rings. The van der Waals surface area contributed by atoms with E-state index in [2.05, 4.69) is 5.92 Å². The van der Waals surface area contributed by atoms with Gasteiger partial charge in [0.1, 0.15) is 5.84 Å². The van der Waals surface area contributed by atoms with Gasteiger partial charge in [-0.15, -0.1) is 6.42 Å². The summed E-state index contributed by atoms with van der Waals surface area (Å²) in [4.78, 5) is 3.64. The summed E-state index contributed by atoms with van der Waals surface area (Å²) in [5.41, 5.74) is 0.792. The molecule has 0 amide bonds. The number of rotatable bonds is 4. The fourth-order valence-corrected chi connectivity index (χ4v) is 3.21. The van der Waals surface area contributed by atoms with Crippen molar-refractivity contribution in [1.29, 1.82) is 5.41 Å². The van der Waals surface area contributed by atoms with Gasteiger partial charge in [-0.05, 0) is 50.7 Å². The van der Waals surface area contributed by atoms with Gasteiger partial charge >= 0.3 is 0 Å². The number of hydrogen-bond acceptors (Lipinski definition) is 3. The van der Waals surface area contributed by atoms with E-state index < -0.39 is 5.54 Å². The van der Waals surface area contributed by atoms with Crippen LogP contribution in [0.15, 0.2) is 18.2 Å². The van der Waals surface area contributed by atoms with Crippen LogP contribution in [0.5, 0.6) is 0 Å². The number of nitrogens with zero attached hydrogens (tertiary/aromatic N) is 2. The van der Waals surface area contributed by atoms with E-state index in [1.165, 1.54) is 0 Å². The van der Waals surface area contributed by atoms with Crippen LogP contribution < -0.4 is 4.90 Å². The van der Waals surface area contributed by atoms with Gasteiger partial charge in [-0.25, -0.2) is 0 Å². The number of aliphatic hydroxyl groups excluding tert-OH is 1. The number of thiocarbonyl (C=S) groups is 1. The van der Waals surface area contributed by atoms with E-state index in [0.29, 0.717) is 34.5 Å². The van der Waals surface area contributed by atoms with E-state index >= 15 is 0 Å². The second-order valence-corrected chi connectivity index (χ2v) is 6.34. The molecule has 1 aromatic carbocycles. The van der Waals surface area contributed by atoms with E-state index in [0.717, 1.165) is 5.69 Å². The van der Waals surface area contributed by atoms with E-state index in [9.17, 15) is 0 Å². The highest BCUT2D eigenvalue weighted by Crippen LogP contribution is 2.34. The highest BCUT2D eigenvalue weighted by Gasteiger charge is 2.46. The zero-order valence-corrected chi connectivity index (χ0v) is 14.1. The van der Waals surface area contributed by atoms with Gasteiger partial charge in [-0.1, -0.05) is 17.5 Å². The Balaban J connectivity index is 2.40. The first-order chi connectivity index (χ1) is 10.3. The van der Waals surface area contributed by atoms with Crippen LogP contribution in [0.3, 0.4) is 0 Å². The van der Waals surface area contributed by atoms with Gasteiger partial charge in [0.05, 0.1) is 16.2 Å². The minimum absolute atomic E-state index is 0.0885. The fourth-order valence-electron chi connectivity index (χ4n) is 2.46. The van der Waals surface area contributed by atoms with E-state index in [1.54, 1.807) is 17.0 Å². The van der Waals surface area contributed by atoms with Gasteiger partial charge in [0.15, 0.2) is 5.11 Å². The first-order valence-electron chi connectivity index (χ1n) is 6.92. The van der Waals surface area contributed by atoms with Gasteiger partial charge in [-0.3, -0.25) is 10.3 Å². The second-order valence-electron chi connectivity index (χ2n) is 5.56. The first kappa shape index (κ1) is 16.8. The van der Waals surface area contributed by atoms with Crippen molar-refractivity contribution in [3.05, 3.63) is 28.8 Å². The Morgan fingerprint density at radius 2 is 2.14 bits per heavy atom. The molecule has 22 heavy (non-hydrogen) atoms. The maximum absolute atomic E-state index is 9.05. The molecular weight excluding hydrogens is 318 g/mol. The van der Waals surface area contributed by atoms with Gasteiger partial charge in [-0.2, -0.15) is 0 Å². The molecule has 0 aliphatic carbocycles. The maximum Gasteiger partial charge on any atom is 0.182 e. The lowest BCUT2D eigenvalue weighted by Crippen LogP contribution is -2.44. The highest BCUT2D eigenvalue weighted by atomic mass is 35.5. The van der Waals surface area contributed by atoms with Crippen molar-refractivity contribution >= 4 is 40.5 Å². The minimum Gasteiger partial charge on any atom is -0.396 e. The molecule has 0 unspecified atom stereocenters. The summed E-state index contributed by atoms with van der Waals surface area (Å²) in [6, 6.07) is 5.29. The lowest BCUT2D eigenvalue weighted by Gasteiger charge is -2.30. The van der Waals surface area contributed by atoms with Crippen molar-refractivity contribution in [1.82, 2.24) is 4.90 Å². The van der Waals surface area contributed by atoms with Crippen LogP contribution in [-0.4, -0.2) is 39.6 Å². The summed E-state index contributed by atoms with van der Waals surface area (Å²) in [6.07, 6.45) is 5.98. The molecule has 1 saturated heterocycles. The van der Waals surface area contributed by atoms with E-state index in [-0.39, 0.29) is 6.61 Å². The summed E-state index contributed by atoms with van der Waals surface area (Å²) < 4.78 is 0. The summed E-state index contributed by atoms with van der Waals surface area (Å²) in [6.45, 7) is 4.56. The van der Waals surface area contributed by atoms with Crippen LogP contribution in [-0.2, 0) is 0 Å².